The average molecular weight is 257 g/mol. The smallest absolute Gasteiger partial charge is 0.423 e. The monoisotopic (exact) mass is 257 g/mol. The SMILES string of the molecule is CN(CCc1ccc(B(O)O)cc1)S(C)(=O)=O. The molecular formula is C10H16BNO4S. The Morgan fingerprint density at radius 3 is 2.18 bits per heavy atom. The van der Waals surface area contributed by atoms with Gasteiger partial charge in [-0.15, -0.1) is 0 Å². The van der Waals surface area contributed by atoms with Gasteiger partial charge in [-0.25, -0.2) is 12.7 Å². The van der Waals surface area contributed by atoms with Crippen molar-refractivity contribution in [1.29, 1.82) is 0 Å². The van der Waals surface area contributed by atoms with Crippen LogP contribution in [-0.4, -0.2) is 49.7 Å². The largest absolute Gasteiger partial charge is 0.488 e. The third-order valence-electron chi connectivity index (χ3n) is 2.56. The Morgan fingerprint density at radius 1 is 1.24 bits per heavy atom. The molecule has 0 unspecified atom stereocenters. The second kappa shape index (κ2) is 5.64. The van der Waals surface area contributed by atoms with Crippen LogP contribution in [0.25, 0.3) is 0 Å². The van der Waals surface area contributed by atoms with Gasteiger partial charge in [0.15, 0.2) is 0 Å². The number of likely N-dealkylation sites (N-methyl/N-ethyl adjacent to an activating group) is 1. The predicted octanol–water partition coefficient (Wildman–Crippen LogP) is -1.20. The van der Waals surface area contributed by atoms with Crippen LogP contribution in [0.2, 0.25) is 0 Å². The molecule has 0 spiro atoms. The van der Waals surface area contributed by atoms with Crippen LogP contribution in [0.1, 0.15) is 5.56 Å². The summed E-state index contributed by atoms with van der Waals surface area (Å²) in [7, 11) is -3.08. The van der Waals surface area contributed by atoms with Gasteiger partial charge in [0.05, 0.1) is 6.26 Å². The molecule has 0 aliphatic rings. The van der Waals surface area contributed by atoms with Gasteiger partial charge in [0.2, 0.25) is 10.0 Å². The Bertz CT molecular complexity index is 458. The lowest BCUT2D eigenvalue weighted by atomic mass is 9.80. The number of sulfonamides is 1. The van der Waals surface area contributed by atoms with E-state index in [1.165, 1.54) is 11.4 Å². The lowest BCUT2D eigenvalue weighted by Crippen LogP contribution is -2.30. The summed E-state index contributed by atoms with van der Waals surface area (Å²) in [4.78, 5) is 0. The highest BCUT2D eigenvalue weighted by molar-refractivity contribution is 7.88. The van der Waals surface area contributed by atoms with Gasteiger partial charge < -0.3 is 10.0 Å². The first-order valence-electron chi connectivity index (χ1n) is 5.17. The summed E-state index contributed by atoms with van der Waals surface area (Å²) in [5.41, 5.74) is 1.37. The number of benzene rings is 1. The Morgan fingerprint density at radius 2 is 1.76 bits per heavy atom. The van der Waals surface area contributed by atoms with E-state index in [9.17, 15) is 8.42 Å². The third kappa shape index (κ3) is 4.47. The van der Waals surface area contributed by atoms with E-state index < -0.39 is 17.1 Å². The molecule has 5 nitrogen and oxygen atoms in total. The summed E-state index contributed by atoms with van der Waals surface area (Å²) in [6.07, 6.45) is 1.75. The first kappa shape index (κ1) is 14.2. The maximum absolute atomic E-state index is 11.2. The zero-order valence-electron chi connectivity index (χ0n) is 9.87. The molecule has 0 atom stereocenters. The first-order chi connectivity index (χ1) is 7.80. The molecule has 0 saturated carbocycles. The fourth-order valence-corrected chi connectivity index (χ4v) is 1.73. The normalized spacial score (nSPS) is 11.8. The number of hydrogen-bond acceptors (Lipinski definition) is 4. The second-order valence-corrected chi connectivity index (χ2v) is 6.04. The summed E-state index contributed by atoms with van der Waals surface area (Å²) < 4.78 is 23.6. The van der Waals surface area contributed by atoms with Crippen molar-refractivity contribution in [2.45, 2.75) is 6.42 Å². The zero-order valence-corrected chi connectivity index (χ0v) is 10.7. The first-order valence-corrected chi connectivity index (χ1v) is 7.02. The molecule has 0 radical (unpaired) electrons. The van der Waals surface area contributed by atoms with Crippen LogP contribution < -0.4 is 5.46 Å². The molecule has 94 valence electrons. The van der Waals surface area contributed by atoms with Gasteiger partial charge >= 0.3 is 7.12 Å². The lowest BCUT2D eigenvalue weighted by molar-refractivity contribution is 0.426. The van der Waals surface area contributed by atoms with Crippen molar-refractivity contribution in [2.75, 3.05) is 19.8 Å². The molecule has 1 rings (SSSR count). The van der Waals surface area contributed by atoms with E-state index in [1.54, 1.807) is 24.3 Å². The number of rotatable bonds is 5. The molecule has 0 amide bonds. The van der Waals surface area contributed by atoms with Gasteiger partial charge in [0.1, 0.15) is 0 Å². The summed E-state index contributed by atoms with van der Waals surface area (Å²) >= 11 is 0. The average Bonchev–Trinajstić information content (AvgIpc) is 2.25. The molecule has 0 aliphatic heterocycles. The highest BCUT2D eigenvalue weighted by atomic mass is 32.2. The fraction of sp³-hybridized carbons (Fsp3) is 0.400. The molecule has 17 heavy (non-hydrogen) atoms. The Kier molecular flexibility index (Phi) is 4.70. The highest BCUT2D eigenvalue weighted by Gasteiger charge is 2.12. The van der Waals surface area contributed by atoms with Gasteiger partial charge in [-0.05, 0) is 17.4 Å². The van der Waals surface area contributed by atoms with Crippen molar-refractivity contribution >= 4 is 22.6 Å². The summed E-state index contributed by atoms with van der Waals surface area (Å²) in [6.45, 7) is 0.403. The third-order valence-corrected chi connectivity index (χ3v) is 3.87. The zero-order chi connectivity index (χ0) is 13.1. The van der Waals surface area contributed by atoms with Gasteiger partial charge in [0.25, 0.3) is 0 Å². The van der Waals surface area contributed by atoms with Gasteiger partial charge in [-0.3, -0.25) is 0 Å². The minimum Gasteiger partial charge on any atom is -0.423 e. The lowest BCUT2D eigenvalue weighted by Gasteiger charge is -2.13. The van der Waals surface area contributed by atoms with Crippen molar-refractivity contribution in [1.82, 2.24) is 4.31 Å². The van der Waals surface area contributed by atoms with Gasteiger partial charge in [0, 0.05) is 13.6 Å². The predicted molar refractivity (Wildman–Crippen MR) is 67.4 cm³/mol. The van der Waals surface area contributed by atoms with Crippen LogP contribution >= 0.6 is 0 Å². The molecule has 0 saturated heterocycles. The van der Waals surface area contributed by atoms with E-state index in [1.807, 2.05) is 0 Å². The van der Waals surface area contributed by atoms with Crippen LogP contribution in [0.5, 0.6) is 0 Å². The van der Waals surface area contributed by atoms with Crippen molar-refractivity contribution in [2.24, 2.45) is 0 Å². The molecule has 0 aliphatic carbocycles. The standard InChI is InChI=1S/C10H16BNO4S/c1-12(17(2,15)16)8-7-9-3-5-10(6-4-9)11(13)14/h3-6,13-14H,7-8H2,1-2H3. The molecule has 2 N–H and O–H groups in total. The van der Waals surface area contributed by atoms with Crippen LogP contribution in [0.15, 0.2) is 24.3 Å². The quantitative estimate of drug-likeness (QED) is 0.649. The minimum absolute atomic E-state index is 0.403. The molecule has 0 aromatic heterocycles. The van der Waals surface area contributed by atoms with Crippen LogP contribution in [-0.2, 0) is 16.4 Å². The Labute approximate surface area is 102 Å². The molecule has 0 bridgehead atoms. The molecule has 0 heterocycles. The van der Waals surface area contributed by atoms with E-state index in [0.29, 0.717) is 18.4 Å². The Hall–Kier alpha value is -0.885. The van der Waals surface area contributed by atoms with Crippen LogP contribution in [0.4, 0.5) is 0 Å². The maximum Gasteiger partial charge on any atom is 0.488 e. The van der Waals surface area contributed by atoms with Crippen molar-refractivity contribution in [3.8, 4) is 0 Å². The van der Waals surface area contributed by atoms with E-state index in [-0.39, 0.29) is 0 Å². The second-order valence-electron chi connectivity index (χ2n) is 3.95. The van der Waals surface area contributed by atoms with E-state index in [2.05, 4.69) is 0 Å². The summed E-state index contributed by atoms with van der Waals surface area (Å²) in [6, 6.07) is 6.73. The molecule has 0 fully saturated rings. The van der Waals surface area contributed by atoms with E-state index >= 15 is 0 Å². The number of hydrogen-bond donors (Lipinski definition) is 2. The molecule has 1 aromatic rings. The van der Waals surface area contributed by atoms with Gasteiger partial charge in [-0.2, -0.15) is 0 Å². The van der Waals surface area contributed by atoms with Crippen molar-refractivity contribution in [3.63, 3.8) is 0 Å². The fourth-order valence-electron chi connectivity index (χ4n) is 1.31. The maximum atomic E-state index is 11.2. The van der Waals surface area contributed by atoms with Crippen molar-refractivity contribution < 1.29 is 18.5 Å². The topological polar surface area (TPSA) is 77.8 Å². The molecule has 7 heteroatoms. The van der Waals surface area contributed by atoms with E-state index in [4.69, 9.17) is 10.0 Å². The molecule has 1 aromatic carbocycles. The Balaban J connectivity index is 2.59. The van der Waals surface area contributed by atoms with Crippen LogP contribution in [0.3, 0.4) is 0 Å². The highest BCUT2D eigenvalue weighted by Crippen LogP contribution is 2.02. The molecular weight excluding hydrogens is 241 g/mol. The number of nitrogens with zero attached hydrogens (tertiary/aromatic N) is 1. The van der Waals surface area contributed by atoms with Gasteiger partial charge in [-0.1, -0.05) is 24.3 Å². The summed E-state index contributed by atoms with van der Waals surface area (Å²) in [5.74, 6) is 0. The van der Waals surface area contributed by atoms with Crippen molar-refractivity contribution in [3.05, 3.63) is 29.8 Å². The minimum atomic E-state index is -3.14. The summed E-state index contributed by atoms with van der Waals surface area (Å²) in [5, 5.41) is 17.8. The van der Waals surface area contributed by atoms with Crippen LogP contribution in [0, 0.1) is 0 Å². The van der Waals surface area contributed by atoms with E-state index in [0.717, 1.165) is 11.8 Å².